The van der Waals surface area contributed by atoms with Gasteiger partial charge in [0.15, 0.2) is 6.10 Å². The number of aliphatic carboxylic acids is 1. The molecule has 1 aromatic carbocycles. The van der Waals surface area contributed by atoms with E-state index in [1.807, 2.05) is 30.3 Å². The molecule has 0 aliphatic carbocycles. The lowest BCUT2D eigenvalue weighted by Gasteiger charge is -2.15. The fourth-order valence-corrected chi connectivity index (χ4v) is 1.48. The first kappa shape index (κ1) is 13.2. The van der Waals surface area contributed by atoms with Gasteiger partial charge in [-0.2, -0.15) is 0 Å². The van der Waals surface area contributed by atoms with Crippen molar-refractivity contribution in [3.05, 3.63) is 60.7 Å². The first-order chi connectivity index (χ1) is 8.15. The molecule has 0 amide bonds. The highest BCUT2D eigenvalue weighted by Crippen LogP contribution is 2.13. The molecule has 0 fully saturated rings. The van der Waals surface area contributed by atoms with Gasteiger partial charge in [-0.15, -0.1) is 6.58 Å². The summed E-state index contributed by atoms with van der Waals surface area (Å²) in [4.78, 5) is 11.0. The summed E-state index contributed by atoms with van der Waals surface area (Å²) in [5.41, 5.74) is 1.55. The third-order valence-electron chi connectivity index (χ3n) is 2.25. The number of benzene rings is 1. The number of ether oxygens (including phenoxy) is 1. The number of carbonyl (C=O) groups is 1. The summed E-state index contributed by atoms with van der Waals surface area (Å²) in [5, 5.41) is 9.03. The van der Waals surface area contributed by atoms with Gasteiger partial charge in [-0.3, -0.25) is 0 Å². The Bertz CT molecular complexity index is 395. The third kappa shape index (κ3) is 4.25. The number of hydrogen-bond acceptors (Lipinski definition) is 2. The van der Waals surface area contributed by atoms with E-state index in [1.165, 1.54) is 6.08 Å². The molecule has 0 aliphatic rings. The summed E-state index contributed by atoms with van der Waals surface area (Å²) in [7, 11) is 0. The SMILES string of the molecule is C=CCOC(C(=C)Cc1ccccc1)C(=O)O. The van der Waals surface area contributed by atoms with Crippen molar-refractivity contribution in [2.24, 2.45) is 0 Å². The van der Waals surface area contributed by atoms with Crippen LogP contribution in [0.4, 0.5) is 0 Å². The van der Waals surface area contributed by atoms with Gasteiger partial charge in [0.2, 0.25) is 0 Å². The number of carboxylic acid groups (broad SMARTS) is 1. The Kier molecular flexibility index (Phi) is 5.17. The minimum atomic E-state index is -1.02. The normalized spacial score (nSPS) is 11.8. The molecule has 0 aliphatic heterocycles. The molecule has 0 radical (unpaired) electrons. The van der Waals surface area contributed by atoms with E-state index in [-0.39, 0.29) is 6.61 Å². The minimum absolute atomic E-state index is 0.199. The average molecular weight is 232 g/mol. The molecule has 17 heavy (non-hydrogen) atoms. The van der Waals surface area contributed by atoms with Crippen molar-refractivity contribution in [1.82, 2.24) is 0 Å². The van der Waals surface area contributed by atoms with Crippen LogP contribution in [-0.4, -0.2) is 23.8 Å². The van der Waals surface area contributed by atoms with E-state index in [9.17, 15) is 4.79 Å². The van der Waals surface area contributed by atoms with E-state index < -0.39 is 12.1 Å². The second kappa shape index (κ2) is 6.66. The average Bonchev–Trinajstić information content (AvgIpc) is 2.30. The molecule has 3 heteroatoms. The first-order valence-corrected chi connectivity index (χ1v) is 5.32. The Hall–Kier alpha value is -1.87. The van der Waals surface area contributed by atoms with Gasteiger partial charge in [-0.25, -0.2) is 4.79 Å². The van der Waals surface area contributed by atoms with Gasteiger partial charge in [0, 0.05) is 0 Å². The molecule has 1 aromatic rings. The van der Waals surface area contributed by atoms with Crippen molar-refractivity contribution in [3.63, 3.8) is 0 Å². The lowest BCUT2D eigenvalue weighted by atomic mass is 10.0. The van der Waals surface area contributed by atoms with Crippen LogP contribution in [-0.2, 0) is 16.0 Å². The Labute approximate surface area is 101 Å². The van der Waals surface area contributed by atoms with Crippen LogP contribution in [0.5, 0.6) is 0 Å². The monoisotopic (exact) mass is 232 g/mol. The fraction of sp³-hybridized carbons (Fsp3) is 0.214. The van der Waals surface area contributed by atoms with Crippen LogP contribution >= 0.6 is 0 Å². The Morgan fingerprint density at radius 2 is 2.06 bits per heavy atom. The summed E-state index contributed by atoms with van der Waals surface area (Å²) < 4.78 is 5.17. The van der Waals surface area contributed by atoms with E-state index >= 15 is 0 Å². The molecular weight excluding hydrogens is 216 g/mol. The summed E-state index contributed by atoms with van der Waals surface area (Å²) >= 11 is 0. The maximum atomic E-state index is 11.0. The number of rotatable bonds is 7. The maximum Gasteiger partial charge on any atom is 0.337 e. The second-order valence-electron chi connectivity index (χ2n) is 3.66. The van der Waals surface area contributed by atoms with Crippen molar-refractivity contribution < 1.29 is 14.6 Å². The van der Waals surface area contributed by atoms with E-state index in [1.54, 1.807) is 0 Å². The summed E-state index contributed by atoms with van der Waals surface area (Å²) in [6, 6.07) is 9.58. The lowest BCUT2D eigenvalue weighted by Crippen LogP contribution is -2.26. The zero-order chi connectivity index (χ0) is 12.7. The van der Waals surface area contributed by atoms with Crippen LogP contribution in [0.1, 0.15) is 5.56 Å². The van der Waals surface area contributed by atoms with Crippen molar-refractivity contribution in [1.29, 1.82) is 0 Å². The molecule has 0 saturated carbocycles. The predicted molar refractivity (Wildman–Crippen MR) is 66.9 cm³/mol. The maximum absolute atomic E-state index is 11.0. The van der Waals surface area contributed by atoms with Crippen LogP contribution in [0.15, 0.2) is 55.1 Å². The van der Waals surface area contributed by atoms with Gasteiger partial charge in [0.05, 0.1) is 6.61 Å². The first-order valence-electron chi connectivity index (χ1n) is 5.32. The van der Waals surface area contributed by atoms with Crippen molar-refractivity contribution in [3.8, 4) is 0 Å². The summed E-state index contributed by atoms with van der Waals surface area (Å²) in [6.07, 6.45) is 1.04. The fourth-order valence-electron chi connectivity index (χ4n) is 1.48. The molecule has 1 rings (SSSR count). The van der Waals surface area contributed by atoms with E-state index in [0.717, 1.165) is 5.56 Å². The quantitative estimate of drug-likeness (QED) is 0.734. The molecule has 1 atom stereocenters. The number of carboxylic acids is 1. The highest BCUT2D eigenvalue weighted by Gasteiger charge is 2.21. The van der Waals surface area contributed by atoms with Crippen LogP contribution < -0.4 is 0 Å². The number of hydrogen-bond donors (Lipinski definition) is 1. The highest BCUT2D eigenvalue weighted by atomic mass is 16.5. The van der Waals surface area contributed by atoms with Gasteiger partial charge in [0.25, 0.3) is 0 Å². The Balaban J connectivity index is 2.65. The molecule has 3 nitrogen and oxygen atoms in total. The highest BCUT2D eigenvalue weighted by molar-refractivity contribution is 5.76. The molecule has 0 saturated heterocycles. The smallest absolute Gasteiger partial charge is 0.337 e. The van der Waals surface area contributed by atoms with E-state index in [0.29, 0.717) is 12.0 Å². The molecule has 0 aromatic heterocycles. The van der Waals surface area contributed by atoms with E-state index in [2.05, 4.69) is 13.2 Å². The largest absolute Gasteiger partial charge is 0.479 e. The van der Waals surface area contributed by atoms with Crippen LogP contribution in [0.25, 0.3) is 0 Å². The second-order valence-corrected chi connectivity index (χ2v) is 3.66. The van der Waals surface area contributed by atoms with Gasteiger partial charge in [-0.1, -0.05) is 43.0 Å². The van der Waals surface area contributed by atoms with Crippen LogP contribution in [0.3, 0.4) is 0 Å². The van der Waals surface area contributed by atoms with Crippen molar-refractivity contribution in [2.75, 3.05) is 6.61 Å². The molecule has 0 bridgehead atoms. The Morgan fingerprint density at radius 1 is 1.41 bits per heavy atom. The van der Waals surface area contributed by atoms with Gasteiger partial charge in [0.1, 0.15) is 0 Å². The van der Waals surface area contributed by atoms with Crippen LogP contribution in [0.2, 0.25) is 0 Å². The zero-order valence-corrected chi connectivity index (χ0v) is 9.63. The molecule has 0 spiro atoms. The molecular formula is C14H16O3. The van der Waals surface area contributed by atoms with Gasteiger partial charge >= 0.3 is 5.97 Å². The summed E-state index contributed by atoms with van der Waals surface area (Å²) in [6.45, 7) is 7.47. The standard InChI is InChI=1S/C14H16O3/c1-3-9-17-13(14(15)16)11(2)10-12-7-5-4-6-8-12/h3-8,13H,1-2,9-10H2,(H,15,16). The predicted octanol–water partition coefficient (Wildman–Crippen LogP) is 2.44. The molecule has 1 unspecified atom stereocenters. The Morgan fingerprint density at radius 3 is 2.59 bits per heavy atom. The van der Waals surface area contributed by atoms with Crippen molar-refractivity contribution in [2.45, 2.75) is 12.5 Å². The minimum Gasteiger partial charge on any atom is -0.479 e. The topological polar surface area (TPSA) is 46.5 Å². The molecule has 90 valence electrons. The van der Waals surface area contributed by atoms with Crippen LogP contribution in [0, 0.1) is 0 Å². The van der Waals surface area contributed by atoms with E-state index in [4.69, 9.17) is 9.84 Å². The molecule has 0 heterocycles. The summed E-state index contributed by atoms with van der Waals surface area (Å²) in [5.74, 6) is -1.02. The van der Waals surface area contributed by atoms with Gasteiger partial charge < -0.3 is 9.84 Å². The van der Waals surface area contributed by atoms with Gasteiger partial charge in [-0.05, 0) is 17.6 Å². The van der Waals surface area contributed by atoms with Crippen molar-refractivity contribution >= 4 is 5.97 Å². The third-order valence-corrected chi connectivity index (χ3v) is 2.25. The molecule has 1 N–H and O–H groups in total. The zero-order valence-electron chi connectivity index (χ0n) is 9.63. The lowest BCUT2D eigenvalue weighted by molar-refractivity contribution is -0.147.